The van der Waals surface area contributed by atoms with Crippen LogP contribution in [0.5, 0.6) is 0 Å². The van der Waals surface area contributed by atoms with Crippen LogP contribution in [0.15, 0.2) is 46.2 Å². The second-order valence-corrected chi connectivity index (χ2v) is 11.2. The summed E-state index contributed by atoms with van der Waals surface area (Å²) in [7, 11) is -3.52. The average molecular weight is 461 g/mol. The van der Waals surface area contributed by atoms with Crippen molar-refractivity contribution in [1.82, 2.24) is 9.62 Å². The van der Waals surface area contributed by atoms with Crippen molar-refractivity contribution in [1.29, 1.82) is 0 Å². The van der Waals surface area contributed by atoms with Crippen molar-refractivity contribution in [3.05, 3.63) is 58.7 Å². The summed E-state index contributed by atoms with van der Waals surface area (Å²) in [6.07, 6.45) is 3.03. The molecule has 1 fully saturated rings. The molecule has 1 aliphatic rings. The molecule has 0 bridgehead atoms. The van der Waals surface area contributed by atoms with Crippen LogP contribution in [0.4, 0.5) is 0 Å². The topological polar surface area (TPSA) is 66.5 Å². The summed E-state index contributed by atoms with van der Waals surface area (Å²) < 4.78 is 27.4. The molecule has 5 nitrogen and oxygen atoms in total. The molecule has 1 heterocycles. The summed E-state index contributed by atoms with van der Waals surface area (Å²) in [6.45, 7) is 8.97. The highest BCUT2D eigenvalue weighted by Crippen LogP contribution is 2.27. The van der Waals surface area contributed by atoms with Crippen molar-refractivity contribution in [2.24, 2.45) is 5.92 Å². The zero-order valence-corrected chi connectivity index (χ0v) is 20.6. The van der Waals surface area contributed by atoms with Gasteiger partial charge in [0, 0.05) is 23.9 Å². The first-order chi connectivity index (χ1) is 14.6. The molecule has 1 saturated heterocycles. The summed E-state index contributed by atoms with van der Waals surface area (Å²) >= 11 is 1.58. The van der Waals surface area contributed by atoms with Crippen LogP contribution in [-0.2, 0) is 14.8 Å². The van der Waals surface area contributed by atoms with Gasteiger partial charge in [-0.1, -0.05) is 12.1 Å². The third-order valence-electron chi connectivity index (χ3n) is 6.23. The maximum Gasteiger partial charge on any atom is 0.243 e. The van der Waals surface area contributed by atoms with Crippen molar-refractivity contribution in [2.45, 2.75) is 56.4 Å². The van der Waals surface area contributed by atoms with Gasteiger partial charge in [-0.3, -0.25) is 4.79 Å². The lowest BCUT2D eigenvalue weighted by molar-refractivity contribution is -0.126. The Bertz CT molecular complexity index is 1040. The van der Waals surface area contributed by atoms with Crippen LogP contribution in [0.1, 0.15) is 48.1 Å². The highest BCUT2D eigenvalue weighted by atomic mass is 32.2. The predicted octanol–water partition coefficient (Wildman–Crippen LogP) is 4.61. The molecule has 1 aliphatic heterocycles. The lowest BCUT2D eigenvalue weighted by atomic mass is 9.94. The Kier molecular flexibility index (Phi) is 7.50. The fourth-order valence-corrected chi connectivity index (χ4v) is 5.99. The van der Waals surface area contributed by atoms with Gasteiger partial charge in [-0.2, -0.15) is 4.31 Å². The number of benzene rings is 2. The minimum absolute atomic E-state index is 0.00602. The smallest absolute Gasteiger partial charge is 0.243 e. The second-order valence-electron chi connectivity index (χ2n) is 8.38. The van der Waals surface area contributed by atoms with E-state index in [9.17, 15) is 13.2 Å². The Morgan fingerprint density at radius 3 is 2.19 bits per heavy atom. The largest absolute Gasteiger partial charge is 0.349 e. The van der Waals surface area contributed by atoms with Gasteiger partial charge in [0.25, 0.3) is 0 Å². The molecule has 0 radical (unpaired) electrons. The van der Waals surface area contributed by atoms with Crippen LogP contribution in [0.2, 0.25) is 0 Å². The fraction of sp³-hybridized carbons (Fsp3) is 0.458. The first kappa shape index (κ1) is 23.8. The monoisotopic (exact) mass is 460 g/mol. The van der Waals surface area contributed by atoms with Crippen LogP contribution < -0.4 is 5.32 Å². The van der Waals surface area contributed by atoms with Crippen LogP contribution >= 0.6 is 11.8 Å². The normalized spacial score (nSPS) is 16.8. The van der Waals surface area contributed by atoms with Crippen molar-refractivity contribution < 1.29 is 13.2 Å². The Morgan fingerprint density at radius 1 is 1.03 bits per heavy atom. The summed E-state index contributed by atoms with van der Waals surface area (Å²) in [4.78, 5) is 14.2. The number of nitrogens with one attached hydrogen (secondary N) is 1. The van der Waals surface area contributed by atoms with E-state index in [1.807, 2.05) is 25.3 Å². The van der Waals surface area contributed by atoms with E-state index in [1.165, 1.54) is 21.0 Å². The number of amides is 1. The Labute approximate surface area is 190 Å². The molecule has 3 rings (SSSR count). The fourth-order valence-electron chi connectivity index (χ4n) is 4.11. The average Bonchev–Trinajstić information content (AvgIpc) is 2.76. The zero-order chi connectivity index (χ0) is 22.8. The standard InChI is InChI=1S/C24H32N2O3S2/c1-16-14-18(3)23(15-17(16)2)19(4)25-24(27)20-10-12-26(13-11-20)31(28,29)22-8-6-21(30-5)7-9-22/h6-9,14-15,19-20H,10-13H2,1-5H3,(H,25,27). The quantitative estimate of drug-likeness (QED) is 0.639. The number of hydrogen-bond acceptors (Lipinski definition) is 4. The summed E-state index contributed by atoms with van der Waals surface area (Å²) in [5.74, 6) is -0.161. The van der Waals surface area contributed by atoms with Crippen LogP contribution in [0.25, 0.3) is 0 Å². The molecule has 2 aromatic carbocycles. The molecule has 2 aromatic rings. The van der Waals surface area contributed by atoms with Gasteiger partial charge in [0.2, 0.25) is 15.9 Å². The van der Waals surface area contributed by atoms with E-state index in [4.69, 9.17) is 0 Å². The third-order valence-corrected chi connectivity index (χ3v) is 8.89. The van der Waals surface area contributed by atoms with Gasteiger partial charge in [-0.25, -0.2) is 8.42 Å². The van der Waals surface area contributed by atoms with Crippen LogP contribution in [-0.4, -0.2) is 38.0 Å². The molecule has 168 valence electrons. The Morgan fingerprint density at radius 2 is 1.61 bits per heavy atom. The molecule has 1 amide bonds. The van der Waals surface area contributed by atoms with E-state index in [-0.39, 0.29) is 17.9 Å². The number of carbonyl (C=O) groups is 1. The van der Waals surface area contributed by atoms with Gasteiger partial charge in [0.15, 0.2) is 0 Å². The molecular weight excluding hydrogens is 428 g/mol. The second kappa shape index (κ2) is 9.76. The van der Waals surface area contributed by atoms with Gasteiger partial charge in [0.1, 0.15) is 0 Å². The maximum atomic E-state index is 12.9. The van der Waals surface area contributed by atoms with Crippen molar-refractivity contribution >= 4 is 27.7 Å². The van der Waals surface area contributed by atoms with Gasteiger partial charge in [-0.15, -0.1) is 11.8 Å². The molecule has 0 saturated carbocycles. The first-order valence-electron chi connectivity index (χ1n) is 10.7. The molecule has 7 heteroatoms. The van der Waals surface area contributed by atoms with Crippen molar-refractivity contribution in [3.8, 4) is 0 Å². The number of rotatable bonds is 6. The first-order valence-corrected chi connectivity index (χ1v) is 13.3. The molecule has 1 atom stereocenters. The predicted molar refractivity (Wildman–Crippen MR) is 127 cm³/mol. The lowest BCUT2D eigenvalue weighted by Crippen LogP contribution is -2.43. The minimum Gasteiger partial charge on any atom is -0.349 e. The number of thioether (sulfide) groups is 1. The summed E-state index contributed by atoms with van der Waals surface area (Å²) in [5.41, 5.74) is 4.76. The molecule has 1 N–H and O–H groups in total. The van der Waals surface area contributed by atoms with Gasteiger partial charge in [-0.05, 0) is 93.3 Å². The van der Waals surface area contributed by atoms with Crippen LogP contribution in [0, 0.1) is 26.7 Å². The molecule has 1 unspecified atom stereocenters. The number of sulfonamides is 1. The van der Waals surface area contributed by atoms with Crippen molar-refractivity contribution in [2.75, 3.05) is 19.3 Å². The summed E-state index contributed by atoms with van der Waals surface area (Å²) in [5, 5.41) is 3.14. The number of aryl methyl sites for hydroxylation is 3. The highest BCUT2D eigenvalue weighted by molar-refractivity contribution is 7.98. The van der Waals surface area contributed by atoms with Gasteiger partial charge >= 0.3 is 0 Å². The van der Waals surface area contributed by atoms with E-state index < -0.39 is 10.0 Å². The third kappa shape index (κ3) is 5.33. The number of piperidine rings is 1. The Balaban J connectivity index is 1.61. The van der Waals surface area contributed by atoms with E-state index in [0.29, 0.717) is 30.8 Å². The number of hydrogen-bond donors (Lipinski definition) is 1. The van der Waals surface area contributed by atoms with E-state index in [2.05, 4.69) is 38.2 Å². The summed E-state index contributed by atoms with van der Waals surface area (Å²) in [6, 6.07) is 11.2. The molecular formula is C24H32N2O3S2. The molecule has 0 spiro atoms. The number of nitrogens with zero attached hydrogens (tertiary/aromatic N) is 1. The number of carbonyl (C=O) groups excluding carboxylic acids is 1. The molecule has 0 aromatic heterocycles. The van der Waals surface area contributed by atoms with Crippen molar-refractivity contribution in [3.63, 3.8) is 0 Å². The molecule has 0 aliphatic carbocycles. The Hall–Kier alpha value is -1.83. The maximum absolute atomic E-state index is 12.9. The van der Waals surface area contributed by atoms with E-state index in [0.717, 1.165) is 10.5 Å². The van der Waals surface area contributed by atoms with Crippen LogP contribution in [0.3, 0.4) is 0 Å². The van der Waals surface area contributed by atoms with E-state index in [1.54, 1.807) is 23.9 Å². The zero-order valence-electron chi connectivity index (χ0n) is 18.9. The van der Waals surface area contributed by atoms with E-state index >= 15 is 0 Å². The minimum atomic E-state index is -3.52. The highest BCUT2D eigenvalue weighted by Gasteiger charge is 2.32. The molecule has 31 heavy (non-hydrogen) atoms. The van der Waals surface area contributed by atoms with Gasteiger partial charge < -0.3 is 5.32 Å². The lowest BCUT2D eigenvalue weighted by Gasteiger charge is -2.31. The SMILES string of the molecule is CSc1ccc(S(=O)(=O)N2CCC(C(=O)NC(C)c3cc(C)c(C)cc3C)CC2)cc1. The van der Waals surface area contributed by atoms with Gasteiger partial charge in [0.05, 0.1) is 10.9 Å².